The Morgan fingerprint density at radius 1 is 1.17 bits per heavy atom. The molecular weight excluding hydrogens is 244 g/mol. The van der Waals surface area contributed by atoms with E-state index >= 15 is 0 Å². The molecule has 2 atom stereocenters. The first-order valence-electron chi connectivity index (χ1n) is 6.21. The predicted octanol–water partition coefficient (Wildman–Crippen LogP) is 3.01. The molecule has 2 unspecified atom stereocenters. The summed E-state index contributed by atoms with van der Waals surface area (Å²) in [5.41, 5.74) is 0.973. The second-order valence-corrected chi connectivity index (χ2v) is 5.65. The van der Waals surface area contributed by atoms with E-state index in [9.17, 15) is 5.11 Å². The van der Waals surface area contributed by atoms with Crippen LogP contribution in [0.1, 0.15) is 11.7 Å². The van der Waals surface area contributed by atoms with Gasteiger partial charge in [-0.2, -0.15) is 11.8 Å². The molecule has 2 nitrogen and oxygen atoms in total. The standard InChI is InChI=1S/C15H16O2S/c16-15(14-10-18-9-8-17-14)13-7-3-5-11-4-1-2-6-12(11)13/h1-7,14-16H,8-10H2. The minimum Gasteiger partial charge on any atom is -0.386 e. The molecule has 0 spiro atoms. The second kappa shape index (κ2) is 5.31. The first-order valence-corrected chi connectivity index (χ1v) is 7.37. The van der Waals surface area contributed by atoms with Gasteiger partial charge in [-0.25, -0.2) is 0 Å². The molecule has 0 aliphatic carbocycles. The molecule has 1 aliphatic heterocycles. The van der Waals surface area contributed by atoms with Gasteiger partial charge < -0.3 is 9.84 Å². The maximum atomic E-state index is 10.5. The Kier molecular flexibility index (Phi) is 3.55. The van der Waals surface area contributed by atoms with Gasteiger partial charge in [-0.1, -0.05) is 42.5 Å². The number of fused-ring (bicyclic) bond motifs is 1. The van der Waals surface area contributed by atoms with Crippen molar-refractivity contribution in [2.45, 2.75) is 12.2 Å². The smallest absolute Gasteiger partial charge is 0.107 e. The molecular formula is C15H16O2S. The Hall–Kier alpha value is -1.03. The van der Waals surface area contributed by atoms with Crippen LogP contribution < -0.4 is 0 Å². The molecule has 1 saturated heterocycles. The van der Waals surface area contributed by atoms with Gasteiger partial charge >= 0.3 is 0 Å². The molecule has 3 heteroatoms. The van der Waals surface area contributed by atoms with E-state index in [2.05, 4.69) is 18.2 Å². The summed E-state index contributed by atoms with van der Waals surface area (Å²) in [6.07, 6.45) is -0.626. The summed E-state index contributed by atoms with van der Waals surface area (Å²) >= 11 is 1.85. The summed E-state index contributed by atoms with van der Waals surface area (Å²) in [6, 6.07) is 14.2. The van der Waals surface area contributed by atoms with Crippen LogP contribution in [0.3, 0.4) is 0 Å². The summed E-state index contributed by atoms with van der Waals surface area (Å²) < 4.78 is 5.67. The fourth-order valence-corrected chi connectivity index (χ4v) is 3.29. The van der Waals surface area contributed by atoms with Crippen LogP contribution in [0, 0.1) is 0 Å². The SMILES string of the molecule is OC(c1cccc2ccccc12)C1CSCCO1. The maximum absolute atomic E-state index is 10.5. The quantitative estimate of drug-likeness (QED) is 0.900. The Morgan fingerprint density at radius 2 is 2.00 bits per heavy atom. The van der Waals surface area contributed by atoms with E-state index in [4.69, 9.17) is 4.74 Å². The number of ether oxygens (including phenoxy) is 1. The lowest BCUT2D eigenvalue weighted by Gasteiger charge is -2.27. The van der Waals surface area contributed by atoms with Gasteiger partial charge in [0.15, 0.2) is 0 Å². The molecule has 18 heavy (non-hydrogen) atoms. The summed E-state index contributed by atoms with van der Waals surface area (Å²) in [5, 5.41) is 12.8. The molecule has 1 N–H and O–H groups in total. The zero-order valence-electron chi connectivity index (χ0n) is 10.1. The van der Waals surface area contributed by atoms with Gasteiger partial charge in [0.2, 0.25) is 0 Å². The van der Waals surface area contributed by atoms with Crippen LogP contribution in [0.2, 0.25) is 0 Å². The van der Waals surface area contributed by atoms with Gasteiger partial charge in [0.1, 0.15) is 6.10 Å². The average Bonchev–Trinajstić information content (AvgIpc) is 2.47. The van der Waals surface area contributed by atoms with Crippen LogP contribution in [0.4, 0.5) is 0 Å². The molecule has 2 aromatic rings. The molecule has 3 rings (SSSR count). The molecule has 1 fully saturated rings. The third-order valence-corrected chi connectivity index (χ3v) is 4.36. The maximum Gasteiger partial charge on any atom is 0.107 e. The number of hydrogen-bond donors (Lipinski definition) is 1. The third-order valence-electron chi connectivity index (χ3n) is 3.34. The van der Waals surface area contributed by atoms with E-state index in [1.165, 1.54) is 0 Å². The van der Waals surface area contributed by atoms with Gasteiger partial charge in [0, 0.05) is 11.5 Å². The van der Waals surface area contributed by atoms with Crippen molar-refractivity contribution in [3.8, 4) is 0 Å². The Labute approximate surface area is 111 Å². The lowest BCUT2D eigenvalue weighted by atomic mass is 9.98. The molecule has 1 heterocycles. The molecule has 0 bridgehead atoms. The molecule has 0 radical (unpaired) electrons. The lowest BCUT2D eigenvalue weighted by molar-refractivity contribution is -0.0221. The largest absolute Gasteiger partial charge is 0.386 e. The van der Waals surface area contributed by atoms with Crippen LogP contribution in [0.5, 0.6) is 0 Å². The van der Waals surface area contributed by atoms with Crippen molar-refractivity contribution in [3.05, 3.63) is 48.0 Å². The lowest BCUT2D eigenvalue weighted by Crippen LogP contribution is -2.29. The highest BCUT2D eigenvalue weighted by Crippen LogP contribution is 2.30. The highest BCUT2D eigenvalue weighted by atomic mass is 32.2. The molecule has 1 aliphatic rings. The Balaban J connectivity index is 1.97. The minimum atomic E-state index is -0.538. The highest BCUT2D eigenvalue weighted by Gasteiger charge is 2.25. The normalized spacial score (nSPS) is 21.9. The fourth-order valence-electron chi connectivity index (χ4n) is 2.40. The average molecular weight is 260 g/mol. The Morgan fingerprint density at radius 3 is 2.83 bits per heavy atom. The molecule has 0 amide bonds. The minimum absolute atomic E-state index is 0.0884. The highest BCUT2D eigenvalue weighted by molar-refractivity contribution is 7.99. The summed E-state index contributed by atoms with van der Waals surface area (Å²) in [7, 11) is 0. The van der Waals surface area contributed by atoms with Crippen LogP contribution in [0.25, 0.3) is 10.8 Å². The molecule has 2 aromatic carbocycles. The van der Waals surface area contributed by atoms with Gasteiger partial charge in [-0.05, 0) is 16.3 Å². The number of rotatable bonds is 2. The zero-order valence-corrected chi connectivity index (χ0v) is 10.9. The van der Waals surface area contributed by atoms with E-state index in [-0.39, 0.29) is 6.10 Å². The number of thioether (sulfide) groups is 1. The summed E-state index contributed by atoms with van der Waals surface area (Å²) in [6.45, 7) is 0.733. The molecule has 94 valence electrons. The summed E-state index contributed by atoms with van der Waals surface area (Å²) in [5.74, 6) is 1.89. The number of hydrogen-bond acceptors (Lipinski definition) is 3. The van der Waals surface area contributed by atoms with Crippen molar-refractivity contribution in [3.63, 3.8) is 0 Å². The fraction of sp³-hybridized carbons (Fsp3) is 0.333. The van der Waals surface area contributed by atoms with Gasteiger partial charge in [-0.15, -0.1) is 0 Å². The van der Waals surface area contributed by atoms with Crippen LogP contribution >= 0.6 is 11.8 Å². The van der Waals surface area contributed by atoms with E-state index in [1.54, 1.807) is 0 Å². The van der Waals surface area contributed by atoms with Crippen LogP contribution in [0.15, 0.2) is 42.5 Å². The zero-order chi connectivity index (χ0) is 12.4. The molecule has 0 aromatic heterocycles. The van der Waals surface area contributed by atoms with E-state index in [0.29, 0.717) is 0 Å². The van der Waals surface area contributed by atoms with E-state index in [1.807, 2.05) is 36.0 Å². The monoisotopic (exact) mass is 260 g/mol. The van der Waals surface area contributed by atoms with Crippen molar-refractivity contribution < 1.29 is 9.84 Å². The molecule has 0 saturated carbocycles. The summed E-state index contributed by atoms with van der Waals surface area (Å²) in [4.78, 5) is 0. The number of benzene rings is 2. The first kappa shape index (κ1) is 12.0. The topological polar surface area (TPSA) is 29.5 Å². The van der Waals surface area contributed by atoms with Gasteiger partial charge in [0.25, 0.3) is 0 Å². The van der Waals surface area contributed by atoms with Gasteiger partial charge in [0.05, 0.1) is 12.7 Å². The van der Waals surface area contributed by atoms with E-state index < -0.39 is 6.10 Å². The van der Waals surface area contributed by atoms with Crippen molar-refractivity contribution in [2.75, 3.05) is 18.1 Å². The Bertz CT molecular complexity index is 530. The van der Waals surface area contributed by atoms with Crippen molar-refractivity contribution in [1.82, 2.24) is 0 Å². The van der Waals surface area contributed by atoms with Crippen LogP contribution in [-0.4, -0.2) is 29.3 Å². The van der Waals surface area contributed by atoms with Gasteiger partial charge in [-0.3, -0.25) is 0 Å². The van der Waals surface area contributed by atoms with Crippen molar-refractivity contribution in [2.24, 2.45) is 0 Å². The van der Waals surface area contributed by atoms with Crippen LogP contribution in [-0.2, 0) is 4.74 Å². The van der Waals surface area contributed by atoms with E-state index in [0.717, 1.165) is 34.4 Å². The van der Waals surface area contributed by atoms with Crippen molar-refractivity contribution >= 4 is 22.5 Å². The predicted molar refractivity (Wildman–Crippen MR) is 76.0 cm³/mol. The number of aliphatic hydroxyl groups excluding tert-OH is 1. The first-order chi connectivity index (χ1) is 8.86. The second-order valence-electron chi connectivity index (χ2n) is 4.50. The number of aliphatic hydroxyl groups is 1. The van der Waals surface area contributed by atoms with Crippen molar-refractivity contribution in [1.29, 1.82) is 0 Å². The third kappa shape index (κ3) is 2.26.